The van der Waals surface area contributed by atoms with Crippen molar-refractivity contribution in [1.29, 1.82) is 0 Å². The number of hydrogen-bond acceptors (Lipinski definition) is 4. The Bertz CT molecular complexity index is 1060. The number of nitrogens with zero attached hydrogens (tertiary/aromatic N) is 1. The SMILES string of the molecule is CC(C)C(NC(=O)Cc1n[nH]c(=O)c2ccccc12)C(=O)NCc1ccccc1. The molecular formula is C22H24N4O3. The summed E-state index contributed by atoms with van der Waals surface area (Å²) in [5, 5.41) is 13.2. The zero-order valence-corrected chi connectivity index (χ0v) is 16.4. The molecule has 0 aliphatic heterocycles. The molecule has 29 heavy (non-hydrogen) atoms. The van der Waals surface area contributed by atoms with Crippen LogP contribution >= 0.6 is 0 Å². The van der Waals surface area contributed by atoms with Crippen molar-refractivity contribution in [2.75, 3.05) is 0 Å². The number of carbonyl (C=O) groups excluding carboxylic acids is 2. The molecule has 0 radical (unpaired) electrons. The lowest BCUT2D eigenvalue weighted by Gasteiger charge is -2.22. The number of fused-ring (bicyclic) bond motifs is 1. The van der Waals surface area contributed by atoms with Gasteiger partial charge in [0.05, 0.1) is 17.5 Å². The monoisotopic (exact) mass is 392 g/mol. The first-order chi connectivity index (χ1) is 14.0. The van der Waals surface area contributed by atoms with Gasteiger partial charge in [0.1, 0.15) is 6.04 Å². The van der Waals surface area contributed by atoms with Crippen molar-refractivity contribution in [3.8, 4) is 0 Å². The molecule has 7 heteroatoms. The lowest BCUT2D eigenvalue weighted by atomic mass is 10.0. The second-order valence-electron chi connectivity index (χ2n) is 7.21. The maximum atomic E-state index is 12.6. The van der Waals surface area contributed by atoms with Crippen LogP contribution in [0.1, 0.15) is 25.1 Å². The number of hydrogen-bond donors (Lipinski definition) is 3. The quantitative estimate of drug-likeness (QED) is 0.571. The number of carbonyl (C=O) groups is 2. The van der Waals surface area contributed by atoms with Gasteiger partial charge < -0.3 is 10.6 Å². The molecule has 2 aromatic carbocycles. The average Bonchev–Trinajstić information content (AvgIpc) is 2.73. The number of H-pyrrole nitrogens is 1. The van der Waals surface area contributed by atoms with Crippen molar-refractivity contribution in [3.63, 3.8) is 0 Å². The van der Waals surface area contributed by atoms with E-state index in [2.05, 4.69) is 20.8 Å². The molecule has 3 N–H and O–H groups in total. The molecule has 0 saturated carbocycles. The van der Waals surface area contributed by atoms with Gasteiger partial charge in [-0.2, -0.15) is 5.10 Å². The van der Waals surface area contributed by atoms with Crippen molar-refractivity contribution in [2.45, 2.75) is 32.9 Å². The van der Waals surface area contributed by atoms with Crippen molar-refractivity contribution >= 4 is 22.6 Å². The summed E-state index contributed by atoms with van der Waals surface area (Å²) in [6, 6.07) is 15.9. The Morgan fingerprint density at radius 1 is 1.00 bits per heavy atom. The molecule has 1 atom stereocenters. The molecule has 1 unspecified atom stereocenters. The number of aromatic amines is 1. The van der Waals surface area contributed by atoms with E-state index in [1.807, 2.05) is 44.2 Å². The van der Waals surface area contributed by atoms with Gasteiger partial charge in [-0.05, 0) is 17.5 Å². The van der Waals surface area contributed by atoms with Gasteiger partial charge >= 0.3 is 0 Å². The van der Waals surface area contributed by atoms with E-state index in [9.17, 15) is 14.4 Å². The first kappa shape index (κ1) is 20.3. The van der Waals surface area contributed by atoms with E-state index in [1.54, 1.807) is 24.3 Å². The fourth-order valence-corrected chi connectivity index (χ4v) is 3.11. The normalized spacial score (nSPS) is 12.0. The van der Waals surface area contributed by atoms with Crippen LogP contribution in [-0.4, -0.2) is 28.1 Å². The number of aromatic nitrogens is 2. The molecule has 3 rings (SSSR count). The van der Waals surface area contributed by atoms with E-state index >= 15 is 0 Å². The summed E-state index contributed by atoms with van der Waals surface area (Å²) in [7, 11) is 0. The van der Waals surface area contributed by atoms with Crippen LogP contribution in [0.5, 0.6) is 0 Å². The Balaban J connectivity index is 1.68. The minimum Gasteiger partial charge on any atom is -0.350 e. The Morgan fingerprint density at radius 3 is 2.34 bits per heavy atom. The smallest absolute Gasteiger partial charge is 0.272 e. The van der Waals surface area contributed by atoms with Gasteiger partial charge in [-0.15, -0.1) is 0 Å². The number of benzene rings is 2. The number of amides is 2. The summed E-state index contributed by atoms with van der Waals surface area (Å²) in [5.74, 6) is -0.658. The molecule has 0 fully saturated rings. The maximum Gasteiger partial charge on any atom is 0.272 e. The summed E-state index contributed by atoms with van der Waals surface area (Å²) in [4.78, 5) is 37.1. The molecule has 0 aliphatic carbocycles. The molecule has 2 amide bonds. The second kappa shape index (κ2) is 9.14. The van der Waals surface area contributed by atoms with E-state index in [0.29, 0.717) is 23.0 Å². The fraction of sp³-hybridized carbons (Fsp3) is 0.273. The van der Waals surface area contributed by atoms with E-state index in [4.69, 9.17) is 0 Å². The largest absolute Gasteiger partial charge is 0.350 e. The second-order valence-corrected chi connectivity index (χ2v) is 7.21. The van der Waals surface area contributed by atoms with Crippen molar-refractivity contribution in [3.05, 3.63) is 76.2 Å². The summed E-state index contributed by atoms with van der Waals surface area (Å²) in [5.41, 5.74) is 1.15. The molecule has 1 aromatic heterocycles. The molecule has 0 saturated heterocycles. The molecule has 0 bridgehead atoms. The summed E-state index contributed by atoms with van der Waals surface area (Å²) < 4.78 is 0. The Kier molecular flexibility index (Phi) is 6.39. The van der Waals surface area contributed by atoms with E-state index in [1.165, 1.54) is 0 Å². The first-order valence-electron chi connectivity index (χ1n) is 9.53. The van der Waals surface area contributed by atoms with E-state index in [0.717, 1.165) is 5.56 Å². The molecule has 3 aromatic rings. The van der Waals surface area contributed by atoms with E-state index in [-0.39, 0.29) is 29.7 Å². The van der Waals surface area contributed by atoms with Gasteiger partial charge in [0.15, 0.2) is 0 Å². The van der Waals surface area contributed by atoms with Crippen molar-refractivity contribution < 1.29 is 9.59 Å². The average molecular weight is 392 g/mol. The van der Waals surface area contributed by atoms with Gasteiger partial charge in [-0.3, -0.25) is 14.4 Å². The van der Waals surface area contributed by atoms with Crippen LogP contribution in [0, 0.1) is 5.92 Å². The fourth-order valence-electron chi connectivity index (χ4n) is 3.11. The van der Waals surface area contributed by atoms with Crippen LogP contribution in [0.2, 0.25) is 0 Å². The van der Waals surface area contributed by atoms with Gasteiger partial charge in [0, 0.05) is 11.9 Å². The van der Waals surface area contributed by atoms with Gasteiger partial charge in [-0.1, -0.05) is 62.4 Å². The molecule has 0 spiro atoms. The third-order valence-electron chi connectivity index (χ3n) is 4.68. The molecule has 150 valence electrons. The summed E-state index contributed by atoms with van der Waals surface area (Å²) in [6.07, 6.45) is -0.0352. The van der Waals surface area contributed by atoms with Crippen molar-refractivity contribution in [1.82, 2.24) is 20.8 Å². The number of nitrogens with one attached hydrogen (secondary N) is 3. The van der Waals surface area contributed by atoms with Crippen LogP contribution < -0.4 is 16.2 Å². The molecule has 1 heterocycles. The molecule has 0 aliphatic rings. The summed E-state index contributed by atoms with van der Waals surface area (Å²) in [6.45, 7) is 4.15. The Hall–Kier alpha value is -3.48. The highest BCUT2D eigenvalue weighted by Gasteiger charge is 2.24. The third kappa shape index (κ3) is 5.07. The van der Waals surface area contributed by atoms with Crippen LogP contribution in [0.25, 0.3) is 10.8 Å². The minimum absolute atomic E-state index is 0.0352. The lowest BCUT2D eigenvalue weighted by molar-refractivity contribution is -0.129. The minimum atomic E-state index is -0.666. The zero-order valence-electron chi connectivity index (χ0n) is 16.4. The topological polar surface area (TPSA) is 104 Å². The zero-order chi connectivity index (χ0) is 20.8. The van der Waals surface area contributed by atoms with Crippen molar-refractivity contribution in [2.24, 2.45) is 5.92 Å². The van der Waals surface area contributed by atoms with Crippen LogP contribution in [0.3, 0.4) is 0 Å². The highest BCUT2D eigenvalue weighted by molar-refractivity contribution is 5.91. The molecule has 7 nitrogen and oxygen atoms in total. The van der Waals surface area contributed by atoms with Gasteiger partial charge in [0.25, 0.3) is 5.56 Å². The molecular weight excluding hydrogens is 368 g/mol. The lowest BCUT2D eigenvalue weighted by Crippen LogP contribution is -2.50. The van der Waals surface area contributed by atoms with Gasteiger partial charge in [-0.25, -0.2) is 5.10 Å². The van der Waals surface area contributed by atoms with Gasteiger partial charge in [0.2, 0.25) is 11.8 Å². The predicted octanol–water partition coefficient (Wildman–Crippen LogP) is 1.92. The highest BCUT2D eigenvalue weighted by atomic mass is 16.2. The third-order valence-corrected chi connectivity index (χ3v) is 4.68. The standard InChI is InChI=1S/C22H24N4O3/c1-14(2)20(22(29)23-13-15-8-4-3-5-9-15)24-19(27)12-18-16-10-6-7-11-17(16)21(28)26-25-18/h3-11,14,20H,12-13H2,1-2H3,(H,23,29)(H,24,27)(H,26,28). The van der Waals surface area contributed by atoms with E-state index < -0.39 is 6.04 Å². The predicted molar refractivity (Wildman–Crippen MR) is 111 cm³/mol. The highest BCUT2D eigenvalue weighted by Crippen LogP contribution is 2.13. The maximum absolute atomic E-state index is 12.6. The summed E-state index contributed by atoms with van der Waals surface area (Å²) >= 11 is 0. The Morgan fingerprint density at radius 2 is 1.66 bits per heavy atom. The Labute approximate surface area is 168 Å². The first-order valence-corrected chi connectivity index (χ1v) is 9.53. The van der Waals surface area contributed by atoms with Crippen LogP contribution in [0.4, 0.5) is 0 Å². The number of rotatable bonds is 7. The van der Waals surface area contributed by atoms with Crippen LogP contribution in [0.15, 0.2) is 59.4 Å². The van der Waals surface area contributed by atoms with Crippen LogP contribution in [-0.2, 0) is 22.6 Å².